The Hall–Kier alpha value is -2.22. The van der Waals surface area contributed by atoms with Crippen LogP contribution in [-0.2, 0) is 10.2 Å². The van der Waals surface area contributed by atoms with E-state index in [4.69, 9.17) is 0 Å². The summed E-state index contributed by atoms with van der Waals surface area (Å²) in [6.07, 6.45) is 7.28. The van der Waals surface area contributed by atoms with E-state index in [9.17, 15) is 10.1 Å². The summed E-state index contributed by atoms with van der Waals surface area (Å²) in [5.74, 6) is 0.130. The number of Topliss-reactive ketones (excluding diaryl/α,β-unsaturated/α-hetero) is 1. The van der Waals surface area contributed by atoms with Crippen molar-refractivity contribution in [3.8, 4) is 6.07 Å². The Kier molecular flexibility index (Phi) is 1.63. The van der Waals surface area contributed by atoms with Gasteiger partial charge < -0.3 is 0 Å². The van der Waals surface area contributed by atoms with Crippen LogP contribution in [0.4, 0.5) is 0 Å². The topological polar surface area (TPSA) is 71.1 Å². The van der Waals surface area contributed by atoms with Crippen LogP contribution in [0.5, 0.6) is 0 Å². The van der Waals surface area contributed by atoms with Gasteiger partial charge in [0.2, 0.25) is 0 Å². The highest BCUT2D eigenvalue weighted by Crippen LogP contribution is 2.40. The zero-order chi connectivity index (χ0) is 11.2. The summed E-state index contributed by atoms with van der Waals surface area (Å²) < 4.78 is 1.82. The number of rotatable bonds is 1. The minimum Gasteiger partial charge on any atom is -0.300 e. The normalized spacial score (nSPS) is 18.1. The second kappa shape index (κ2) is 2.89. The second-order valence-electron chi connectivity index (χ2n) is 4.03. The molecule has 0 radical (unpaired) electrons. The van der Waals surface area contributed by atoms with Gasteiger partial charge in [-0.1, -0.05) is 0 Å². The molecule has 5 nitrogen and oxygen atoms in total. The molecule has 1 aliphatic carbocycles. The number of carbonyl (C=O) groups excluding carboxylic acids is 1. The van der Waals surface area contributed by atoms with Gasteiger partial charge in [0, 0.05) is 25.2 Å². The summed E-state index contributed by atoms with van der Waals surface area (Å²) in [5, 5.41) is 9.23. The number of hydrogen-bond acceptors (Lipinski definition) is 4. The molecule has 2 aromatic rings. The zero-order valence-electron chi connectivity index (χ0n) is 8.42. The number of nitrogens with zero attached hydrogens (tertiary/aromatic N) is 4. The van der Waals surface area contributed by atoms with Gasteiger partial charge in [0.1, 0.15) is 11.2 Å². The number of aromatic nitrogens is 3. The number of ketones is 1. The van der Waals surface area contributed by atoms with Crippen molar-refractivity contribution in [2.75, 3.05) is 0 Å². The van der Waals surface area contributed by atoms with Crippen molar-refractivity contribution in [3.63, 3.8) is 0 Å². The molecule has 3 rings (SSSR count). The standard InChI is InChI=1S/C11H8N4O/c12-7-11(3-8(16)4-11)9-5-14-10-6-13-1-2-15(9)10/h1-2,5-6H,3-4H2. The Morgan fingerprint density at radius 1 is 1.44 bits per heavy atom. The lowest BCUT2D eigenvalue weighted by atomic mass is 9.67. The molecule has 0 aliphatic heterocycles. The lowest BCUT2D eigenvalue weighted by Crippen LogP contribution is -2.41. The highest BCUT2D eigenvalue weighted by Gasteiger charge is 2.47. The average Bonchev–Trinajstić information content (AvgIpc) is 2.68. The number of hydrogen-bond donors (Lipinski definition) is 0. The molecule has 0 amide bonds. The second-order valence-corrected chi connectivity index (χ2v) is 4.03. The molecule has 0 atom stereocenters. The fourth-order valence-electron chi connectivity index (χ4n) is 2.14. The zero-order valence-corrected chi connectivity index (χ0v) is 8.42. The summed E-state index contributed by atoms with van der Waals surface area (Å²) in [7, 11) is 0. The largest absolute Gasteiger partial charge is 0.300 e. The molecule has 0 N–H and O–H groups in total. The van der Waals surface area contributed by atoms with Crippen LogP contribution < -0.4 is 0 Å². The third kappa shape index (κ3) is 1.01. The maximum absolute atomic E-state index is 11.1. The molecule has 1 aliphatic rings. The number of imidazole rings is 1. The molecule has 0 bridgehead atoms. The molecule has 5 heteroatoms. The van der Waals surface area contributed by atoms with Gasteiger partial charge in [-0.2, -0.15) is 5.26 Å². The Morgan fingerprint density at radius 2 is 2.25 bits per heavy atom. The molecule has 1 saturated carbocycles. The van der Waals surface area contributed by atoms with Gasteiger partial charge in [0.15, 0.2) is 5.65 Å². The first-order valence-corrected chi connectivity index (χ1v) is 4.96. The van der Waals surface area contributed by atoms with Crippen LogP contribution in [0.3, 0.4) is 0 Å². The predicted molar refractivity (Wildman–Crippen MR) is 54.5 cm³/mol. The summed E-state index contributed by atoms with van der Waals surface area (Å²) in [6.45, 7) is 0. The number of nitriles is 1. The quantitative estimate of drug-likeness (QED) is 0.702. The molecule has 0 unspecified atom stereocenters. The highest BCUT2D eigenvalue weighted by molar-refractivity contribution is 5.89. The van der Waals surface area contributed by atoms with E-state index in [0.717, 1.165) is 5.69 Å². The van der Waals surface area contributed by atoms with E-state index in [0.29, 0.717) is 18.5 Å². The van der Waals surface area contributed by atoms with E-state index in [1.54, 1.807) is 24.8 Å². The van der Waals surface area contributed by atoms with Gasteiger partial charge in [-0.05, 0) is 0 Å². The van der Waals surface area contributed by atoms with E-state index in [1.165, 1.54) is 0 Å². The van der Waals surface area contributed by atoms with Gasteiger partial charge in [-0.25, -0.2) is 4.98 Å². The van der Waals surface area contributed by atoms with Crippen LogP contribution >= 0.6 is 0 Å². The van der Waals surface area contributed by atoms with E-state index < -0.39 is 5.41 Å². The van der Waals surface area contributed by atoms with Crippen molar-refractivity contribution in [1.29, 1.82) is 5.26 Å². The lowest BCUT2D eigenvalue weighted by molar-refractivity contribution is -0.126. The molecule has 2 aromatic heterocycles. The third-order valence-electron chi connectivity index (χ3n) is 3.02. The molecule has 16 heavy (non-hydrogen) atoms. The molecule has 0 spiro atoms. The summed E-state index contributed by atoms with van der Waals surface area (Å²) in [5.41, 5.74) is 0.802. The Balaban J connectivity index is 2.20. The molecular weight excluding hydrogens is 204 g/mol. The van der Waals surface area contributed by atoms with Gasteiger partial charge in [0.25, 0.3) is 0 Å². The summed E-state index contributed by atoms with van der Waals surface area (Å²) >= 11 is 0. The SMILES string of the molecule is N#CC1(c2cnc3cnccn23)CC(=O)C1. The minimum atomic E-state index is -0.683. The molecule has 0 aromatic carbocycles. The van der Waals surface area contributed by atoms with Crippen molar-refractivity contribution < 1.29 is 4.79 Å². The first-order chi connectivity index (χ1) is 7.75. The summed E-state index contributed by atoms with van der Waals surface area (Å²) in [4.78, 5) is 19.2. The third-order valence-corrected chi connectivity index (χ3v) is 3.02. The van der Waals surface area contributed by atoms with Crippen LogP contribution in [0.1, 0.15) is 18.5 Å². The van der Waals surface area contributed by atoms with Crippen LogP contribution in [0.25, 0.3) is 5.65 Å². The van der Waals surface area contributed by atoms with E-state index >= 15 is 0 Å². The maximum Gasteiger partial charge on any atom is 0.155 e. The fraction of sp³-hybridized carbons (Fsp3) is 0.273. The Bertz CT molecular complexity index is 614. The Labute approximate surface area is 91.4 Å². The van der Waals surface area contributed by atoms with Gasteiger partial charge in [-0.15, -0.1) is 0 Å². The molecule has 0 saturated heterocycles. The number of fused-ring (bicyclic) bond motifs is 1. The van der Waals surface area contributed by atoms with Crippen LogP contribution in [0.2, 0.25) is 0 Å². The van der Waals surface area contributed by atoms with Crippen molar-refractivity contribution >= 4 is 11.4 Å². The number of carbonyl (C=O) groups is 1. The minimum absolute atomic E-state index is 0.130. The van der Waals surface area contributed by atoms with E-state index in [1.807, 2.05) is 4.40 Å². The first-order valence-electron chi connectivity index (χ1n) is 4.96. The van der Waals surface area contributed by atoms with Crippen molar-refractivity contribution in [1.82, 2.24) is 14.4 Å². The smallest absolute Gasteiger partial charge is 0.155 e. The van der Waals surface area contributed by atoms with Crippen molar-refractivity contribution in [2.24, 2.45) is 0 Å². The average molecular weight is 212 g/mol. The molecule has 78 valence electrons. The van der Waals surface area contributed by atoms with Crippen molar-refractivity contribution in [2.45, 2.75) is 18.3 Å². The molecular formula is C11H8N4O. The van der Waals surface area contributed by atoms with Gasteiger partial charge >= 0.3 is 0 Å². The predicted octanol–water partition coefficient (Wildman–Crippen LogP) is 0.854. The van der Waals surface area contributed by atoms with Gasteiger partial charge in [-0.3, -0.25) is 14.2 Å². The molecule has 1 fully saturated rings. The van der Waals surface area contributed by atoms with E-state index in [-0.39, 0.29) is 5.78 Å². The fourth-order valence-corrected chi connectivity index (χ4v) is 2.14. The molecule has 2 heterocycles. The monoisotopic (exact) mass is 212 g/mol. The van der Waals surface area contributed by atoms with Crippen LogP contribution in [0.15, 0.2) is 24.8 Å². The first kappa shape index (κ1) is 9.04. The van der Waals surface area contributed by atoms with Crippen molar-refractivity contribution in [3.05, 3.63) is 30.5 Å². The van der Waals surface area contributed by atoms with E-state index in [2.05, 4.69) is 16.0 Å². The maximum atomic E-state index is 11.1. The van der Waals surface area contributed by atoms with Crippen LogP contribution in [-0.4, -0.2) is 20.2 Å². The van der Waals surface area contributed by atoms with Gasteiger partial charge in [0.05, 0.1) is 24.2 Å². The lowest BCUT2D eigenvalue weighted by Gasteiger charge is -2.32. The van der Waals surface area contributed by atoms with Crippen LogP contribution in [0, 0.1) is 11.3 Å². The highest BCUT2D eigenvalue weighted by atomic mass is 16.1. The Morgan fingerprint density at radius 3 is 2.94 bits per heavy atom. The summed E-state index contributed by atoms with van der Waals surface area (Å²) in [6, 6.07) is 2.24.